The van der Waals surface area contributed by atoms with Crippen molar-refractivity contribution in [2.45, 2.75) is 52.1 Å². The Bertz CT molecular complexity index is 402. The maximum absolute atomic E-state index is 5.69. The largest absolute Gasteiger partial charge is 0.494 e. The van der Waals surface area contributed by atoms with E-state index >= 15 is 0 Å². The maximum Gasteiger partial charge on any atom is 0.119 e. The van der Waals surface area contributed by atoms with Crippen LogP contribution in [-0.4, -0.2) is 37.2 Å². The molecule has 1 fully saturated rings. The highest BCUT2D eigenvalue weighted by Crippen LogP contribution is 2.14. The Morgan fingerprint density at radius 1 is 1.24 bits per heavy atom. The van der Waals surface area contributed by atoms with E-state index in [1.165, 1.54) is 37.9 Å². The number of rotatable bonds is 8. The fourth-order valence-corrected chi connectivity index (χ4v) is 2.85. The first-order valence-electron chi connectivity index (χ1n) is 8.45. The minimum Gasteiger partial charge on any atom is -0.494 e. The highest BCUT2D eigenvalue weighted by molar-refractivity contribution is 5.28. The van der Waals surface area contributed by atoms with Crippen molar-refractivity contribution in [3.8, 4) is 5.75 Å². The zero-order chi connectivity index (χ0) is 14.9. The van der Waals surface area contributed by atoms with Crippen molar-refractivity contribution in [2.24, 2.45) is 0 Å². The molecule has 21 heavy (non-hydrogen) atoms. The molecule has 0 saturated carbocycles. The standard InChI is InChI=1S/C18H30N2O/c1-3-12-21-18-9-7-8-17(13-18)14-19-16(2)15-20-10-5-4-6-11-20/h7-9,13,16,19H,3-6,10-12,14-15H2,1-2H3/t16-/m0/s1. The van der Waals surface area contributed by atoms with Crippen LogP contribution in [0.1, 0.15) is 45.1 Å². The van der Waals surface area contributed by atoms with E-state index in [0.717, 1.165) is 31.9 Å². The molecule has 1 aliphatic rings. The van der Waals surface area contributed by atoms with Crippen LogP contribution in [0.5, 0.6) is 5.75 Å². The predicted octanol–water partition coefficient (Wildman–Crippen LogP) is 3.44. The lowest BCUT2D eigenvalue weighted by atomic mass is 10.1. The second-order valence-corrected chi connectivity index (χ2v) is 6.14. The fourth-order valence-electron chi connectivity index (χ4n) is 2.85. The number of benzene rings is 1. The van der Waals surface area contributed by atoms with Gasteiger partial charge in [0, 0.05) is 19.1 Å². The molecule has 0 aromatic heterocycles. The molecule has 1 aromatic carbocycles. The van der Waals surface area contributed by atoms with E-state index < -0.39 is 0 Å². The number of nitrogens with zero attached hydrogens (tertiary/aromatic N) is 1. The lowest BCUT2D eigenvalue weighted by molar-refractivity contribution is 0.209. The molecule has 1 aromatic rings. The number of ether oxygens (including phenoxy) is 1. The van der Waals surface area contributed by atoms with Crippen LogP contribution in [0.15, 0.2) is 24.3 Å². The fraction of sp³-hybridized carbons (Fsp3) is 0.667. The highest BCUT2D eigenvalue weighted by Gasteiger charge is 2.12. The topological polar surface area (TPSA) is 24.5 Å². The lowest BCUT2D eigenvalue weighted by Crippen LogP contribution is -2.41. The van der Waals surface area contributed by atoms with Crippen LogP contribution in [0.2, 0.25) is 0 Å². The predicted molar refractivity (Wildman–Crippen MR) is 88.8 cm³/mol. The average molecular weight is 290 g/mol. The molecule has 1 saturated heterocycles. The van der Waals surface area contributed by atoms with Gasteiger partial charge in [0.1, 0.15) is 5.75 Å². The second-order valence-electron chi connectivity index (χ2n) is 6.14. The molecule has 0 unspecified atom stereocenters. The van der Waals surface area contributed by atoms with Crippen molar-refractivity contribution in [2.75, 3.05) is 26.2 Å². The molecule has 3 nitrogen and oxygen atoms in total. The highest BCUT2D eigenvalue weighted by atomic mass is 16.5. The van der Waals surface area contributed by atoms with Crippen LogP contribution in [0.3, 0.4) is 0 Å². The first-order valence-corrected chi connectivity index (χ1v) is 8.45. The molecule has 0 bridgehead atoms. The van der Waals surface area contributed by atoms with Crippen LogP contribution in [0.4, 0.5) is 0 Å². The van der Waals surface area contributed by atoms with Gasteiger partial charge in [-0.25, -0.2) is 0 Å². The number of hydrogen-bond donors (Lipinski definition) is 1. The Labute approximate surface area is 129 Å². The summed E-state index contributed by atoms with van der Waals surface area (Å²) in [6.45, 7) is 9.82. The third-order valence-electron chi connectivity index (χ3n) is 4.01. The van der Waals surface area contributed by atoms with Gasteiger partial charge in [-0.05, 0) is 57.0 Å². The van der Waals surface area contributed by atoms with Crippen molar-refractivity contribution in [3.05, 3.63) is 29.8 Å². The first kappa shape index (κ1) is 16.3. The smallest absolute Gasteiger partial charge is 0.119 e. The number of nitrogens with one attached hydrogen (secondary N) is 1. The van der Waals surface area contributed by atoms with Crippen molar-refractivity contribution in [1.82, 2.24) is 10.2 Å². The van der Waals surface area contributed by atoms with E-state index in [2.05, 4.69) is 42.3 Å². The molecule has 0 radical (unpaired) electrons. The van der Waals surface area contributed by atoms with Crippen LogP contribution in [-0.2, 0) is 6.54 Å². The summed E-state index contributed by atoms with van der Waals surface area (Å²) in [7, 11) is 0. The van der Waals surface area contributed by atoms with E-state index in [1.807, 2.05) is 6.07 Å². The Kier molecular flexibility index (Phi) is 7.04. The minimum absolute atomic E-state index is 0.531. The van der Waals surface area contributed by atoms with Gasteiger partial charge in [-0.3, -0.25) is 0 Å². The van der Waals surface area contributed by atoms with E-state index in [4.69, 9.17) is 4.74 Å². The van der Waals surface area contributed by atoms with Gasteiger partial charge >= 0.3 is 0 Å². The molecule has 3 heteroatoms. The minimum atomic E-state index is 0.531. The van der Waals surface area contributed by atoms with Crippen molar-refractivity contribution < 1.29 is 4.74 Å². The summed E-state index contributed by atoms with van der Waals surface area (Å²) in [4.78, 5) is 2.59. The van der Waals surface area contributed by atoms with E-state index in [-0.39, 0.29) is 0 Å². The number of piperidine rings is 1. The first-order chi connectivity index (χ1) is 10.3. The molecule has 0 spiro atoms. The quantitative estimate of drug-likeness (QED) is 0.794. The second kappa shape index (κ2) is 9.06. The summed E-state index contributed by atoms with van der Waals surface area (Å²) in [6, 6.07) is 8.96. The Hall–Kier alpha value is -1.06. The molecular formula is C18H30N2O. The Balaban J connectivity index is 1.73. The van der Waals surface area contributed by atoms with Crippen molar-refractivity contribution >= 4 is 0 Å². The molecule has 0 amide bonds. The van der Waals surface area contributed by atoms with Gasteiger partial charge in [-0.15, -0.1) is 0 Å². The molecule has 1 N–H and O–H groups in total. The van der Waals surface area contributed by atoms with Gasteiger partial charge in [0.05, 0.1) is 6.61 Å². The van der Waals surface area contributed by atoms with Gasteiger partial charge in [0.15, 0.2) is 0 Å². The normalized spacial score (nSPS) is 17.6. The van der Waals surface area contributed by atoms with Gasteiger partial charge < -0.3 is 15.0 Å². The summed E-state index contributed by atoms with van der Waals surface area (Å²) >= 11 is 0. The third kappa shape index (κ3) is 6.06. The number of likely N-dealkylation sites (tertiary alicyclic amines) is 1. The monoisotopic (exact) mass is 290 g/mol. The maximum atomic E-state index is 5.69. The molecule has 0 aliphatic carbocycles. The molecule has 1 atom stereocenters. The third-order valence-corrected chi connectivity index (χ3v) is 4.01. The molecule has 2 rings (SSSR count). The summed E-state index contributed by atoms with van der Waals surface area (Å²) in [5.41, 5.74) is 1.30. The van der Waals surface area contributed by atoms with Crippen molar-refractivity contribution in [3.63, 3.8) is 0 Å². The van der Waals surface area contributed by atoms with Crippen LogP contribution in [0, 0.1) is 0 Å². The SMILES string of the molecule is CCCOc1cccc(CN[C@@H](C)CN2CCCCC2)c1. The number of hydrogen-bond acceptors (Lipinski definition) is 3. The average Bonchev–Trinajstić information content (AvgIpc) is 2.52. The van der Waals surface area contributed by atoms with Crippen LogP contribution >= 0.6 is 0 Å². The summed E-state index contributed by atoms with van der Waals surface area (Å²) in [6.07, 6.45) is 5.19. The molecule has 1 heterocycles. The Morgan fingerprint density at radius 2 is 2.05 bits per heavy atom. The van der Waals surface area contributed by atoms with E-state index in [9.17, 15) is 0 Å². The van der Waals surface area contributed by atoms with Crippen LogP contribution < -0.4 is 10.1 Å². The molecular weight excluding hydrogens is 260 g/mol. The van der Waals surface area contributed by atoms with Gasteiger partial charge in [0.25, 0.3) is 0 Å². The lowest BCUT2D eigenvalue weighted by Gasteiger charge is -2.29. The van der Waals surface area contributed by atoms with Crippen molar-refractivity contribution in [1.29, 1.82) is 0 Å². The zero-order valence-electron chi connectivity index (χ0n) is 13.6. The molecule has 118 valence electrons. The van der Waals surface area contributed by atoms with Gasteiger partial charge in [0.2, 0.25) is 0 Å². The Morgan fingerprint density at radius 3 is 2.81 bits per heavy atom. The summed E-state index contributed by atoms with van der Waals surface area (Å²) < 4.78 is 5.69. The van der Waals surface area contributed by atoms with E-state index in [1.54, 1.807) is 0 Å². The van der Waals surface area contributed by atoms with Gasteiger partial charge in [-0.1, -0.05) is 25.5 Å². The molecule has 1 aliphatic heterocycles. The zero-order valence-corrected chi connectivity index (χ0v) is 13.6. The summed E-state index contributed by atoms with van der Waals surface area (Å²) in [5, 5.41) is 3.63. The van der Waals surface area contributed by atoms with Crippen LogP contribution in [0.25, 0.3) is 0 Å². The summed E-state index contributed by atoms with van der Waals surface area (Å²) in [5.74, 6) is 0.986. The van der Waals surface area contributed by atoms with Gasteiger partial charge in [-0.2, -0.15) is 0 Å². The van der Waals surface area contributed by atoms with E-state index in [0.29, 0.717) is 6.04 Å².